The summed E-state index contributed by atoms with van der Waals surface area (Å²) in [4.78, 5) is 0. The monoisotopic (exact) mass is 602 g/mol. The van der Waals surface area contributed by atoms with E-state index in [-0.39, 0.29) is 15.8 Å². The van der Waals surface area contributed by atoms with Crippen LogP contribution in [0.25, 0.3) is 0 Å². The molecule has 0 nitrogen and oxygen atoms in total. The average molecular weight is 603 g/mol. The van der Waals surface area contributed by atoms with Crippen molar-refractivity contribution in [3.8, 4) is 0 Å². The van der Waals surface area contributed by atoms with Crippen LogP contribution in [0.4, 0.5) is 0 Å². The fourth-order valence-corrected chi connectivity index (χ4v) is 199. The van der Waals surface area contributed by atoms with Gasteiger partial charge in [0.15, 0.2) is 0 Å². The number of benzene rings is 4. The Balaban J connectivity index is 1.02. The van der Waals surface area contributed by atoms with Crippen molar-refractivity contribution in [1.29, 1.82) is 0 Å². The first kappa shape index (κ1) is 21.2. The second-order valence-corrected chi connectivity index (χ2v) is 59.4. The van der Waals surface area contributed by atoms with Crippen molar-refractivity contribution in [2.45, 2.75) is 65.4 Å². The van der Waals surface area contributed by atoms with Crippen LogP contribution in [0.15, 0.2) is 121 Å². The van der Waals surface area contributed by atoms with Crippen molar-refractivity contribution >= 4 is 15.8 Å². The second kappa shape index (κ2) is 3.66. The van der Waals surface area contributed by atoms with Crippen LogP contribution in [-0.2, 0) is 33.5 Å². The van der Waals surface area contributed by atoms with E-state index in [1.165, 1.54) is 58.4 Å². The molecule has 0 amide bonds. The zero-order valence-corrected chi connectivity index (χ0v) is 26.7. The molecule has 0 aliphatic carbocycles. The van der Waals surface area contributed by atoms with Crippen molar-refractivity contribution in [1.82, 2.24) is 0 Å². The van der Waals surface area contributed by atoms with E-state index in [0.717, 1.165) is 6.92 Å². The molecule has 4 atom stereocenters. The molecule has 10 aliphatic heterocycles. The summed E-state index contributed by atoms with van der Waals surface area (Å²) in [6.45, 7) is 0. The van der Waals surface area contributed by atoms with Crippen molar-refractivity contribution < 1.29 is 8.89 Å². The molecule has 4 aromatic rings. The number of hydrogen-bond acceptors (Lipinski definition) is 0. The summed E-state index contributed by atoms with van der Waals surface area (Å²) in [5, 5.41) is 0. The quantitative estimate of drug-likeness (QED) is 0.125. The summed E-state index contributed by atoms with van der Waals surface area (Å²) in [5.41, 5.74) is 6.61. The van der Waals surface area contributed by atoms with Crippen LogP contribution in [0.3, 0.4) is 0 Å². The molecule has 41 heavy (non-hydrogen) atoms. The molecule has 0 bridgehead atoms. The van der Waals surface area contributed by atoms with Gasteiger partial charge < -0.3 is 0 Å². The van der Waals surface area contributed by atoms with Crippen molar-refractivity contribution in [3.63, 3.8) is 0 Å². The van der Waals surface area contributed by atoms with Gasteiger partial charge in [-0.1, -0.05) is 0 Å². The average Bonchev–Trinajstić information content (AvgIpc) is 3.97. The van der Waals surface area contributed by atoms with Crippen LogP contribution in [0.1, 0.15) is 22.3 Å². The standard InChI is InChI=1S/C33H31P2.C5H5.Ti/c1-5-14-28(15-6-1)24-34(25-29-16-7-2-8-17-29)32-22-13-23-33(32)35(26-30-18-9-3-10-19-30)27-31-20-11-4-12-21-31;1-2-4-5-3-1;/h1-23H,24-27H2;1-5H;. The minimum absolute atomic E-state index is 0.0336. The van der Waals surface area contributed by atoms with Gasteiger partial charge in [0.05, 0.1) is 0 Å². The third-order valence-corrected chi connectivity index (χ3v) is 106. The molecular formula is C38H36P2Ti. The van der Waals surface area contributed by atoms with Gasteiger partial charge in [0, 0.05) is 0 Å². The number of fused-ring (bicyclic) bond motifs is 10. The van der Waals surface area contributed by atoms with E-state index in [1.807, 2.05) is 0 Å². The second-order valence-electron chi connectivity index (χ2n) is 20.4. The maximum absolute atomic E-state index is 4.15. The summed E-state index contributed by atoms with van der Waals surface area (Å²) in [6.07, 6.45) is 5.64. The van der Waals surface area contributed by atoms with Gasteiger partial charge in [0.25, 0.3) is 0 Å². The summed E-state index contributed by atoms with van der Waals surface area (Å²) >= 11 is 0. The summed E-state index contributed by atoms with van der Waals surface area (Å²) in [7, 11) is -4.22. The van der Waals surface area contributed by atoms with E-state index in [0.29, 0.717) is 0 Å². The van der Waals surface area contributed by atoms with Crippen molar-refractivity contribution in [2.75, 3.05) is 0 Å². The van der Waals surface area contributed by atoms with Crippen LogP contribution in [0.5, 0.6) is 0 Å². The van der Waals surface area contributed by atoms with Gasteiger partial charge in [-0.3, -0.25) is 0 Å². The Hall–Kier alpha value is -1.55. The first-order valence-electron chi connectivity index (χ1n) is 16.7. The number of hydrogen-bond donors (Lipinski definition) is 0. The molecule has 202 valence electrons. The van der Waals surface area contributed by atoms with Crippen LogP contribution in [-0.4, -0.2) is 6.92 Å². The van der Waals surface area contributed by atoms with Gasteiger partial charge >= 0.3 is 234 Å². The molecule has 0 radical (unpaired) electrons. The van der Waals surface area contributed by atoms with E-state index >= 15 is 0 Å². The van der Waals surface area contributed by atoms with Gasteiger partial charge in [0.2, 0.25) is 0 Å². The fraction of sp³-hybridized carbons (Fsp3) is 0.368. The zero-order valence-electron chi connectivity index (χ0n) is 23.4. The summed E-state index contributed by atoms with van der Waals surface area (Å²) < 4.78 is 12.8. The third-order valence-electron chi connectivity index (χ3n) is 26.1. The van der Waals surface area contributed by atoms with Gasteiger partial charge in [-0.25, -0.2) is 0 Å². The molecule has 0 saturated carbocycles. The van der Waals surface area contributed by atoms with E-state index in [2.05, 4.69) is 121 Å². The summed E-state index contributed by atoms with van der Waals surface area (Å²) in [6, 6.07) is 47.3. The molecule has 10 aliphatic rings. The molecule has 10 heterocycles. The molecule has 3 heteroatoms. The van der Waals surface area contributed by atoms with E-state index in [1.54, 1.807) is 22.3 Å². The molecule has 4 unspecified atom stereocenters. The van der Waals surface area contributed by atoms with E-state index < -0.39 is 8.89 Å². The Labute approximate surface area is 232 Å². The minimum atomic E-state index is -4.15. The zero-order chi connectivity index (χ0) is 26.4. The Bertz CT molecular complexity index is 1970. The van der Waals surface area contributed by atoms with E-state index in [9.17, 15) is 0 Å². The Morgan fingerprint density at radius 2 is 0.659 bits per heavy atom. The fourth-order valence-electron chi connectivity index (χ4n) is 30.0. The predicted octanol–water partition coefficient (Wildman–Crippen LogP) is 11.0. The van der Waals surface area contributed by atoms with Gasteiger partial charge in [0.1, 0.15) is 0 Å². The van der Waals surface area contributed by atoms with E-state index in [4.69, 9.17) is 0 Å². The third kappa shape index (κ3) is 0.627. The van der Waals surface area contributed by atoms with Crippen LogP contribution in [0.2, 0.25) is 33.8 Å². The maximum atomic E-state index is 2.48. The molecule has 10 fully saturated rings. The Kier molecular flexibility index (Phi) is 1.89. The van der Waals surface area contributed by atoms with Gasteiger partial charge in [-0.05, 0) is 0 Å². The molecule has 4 aromatic carbocycles. The van der Waals surface area contributed by atoms with Crippen LogP contribution >= 0.6 is 15.8 Å². The predicted molar refractivity (Wildman–Crippen MR) is 170 cm³/mol. The molecular weight excluding hydrogens is 566 g/mol. The SMILES string of the molecule is c1ccc(CP(Cc2ccccc2)[C]23[CH]4[CH]5[CH]6[C]2(P(Cc2ccccc2)Cc2ccccc2)[Ti]54632789[CH]3[CH]2[CH]7[CH]8[CH]39)cc1. The van der Waals surface area contributed by atoms with Gasteiger partial charge in [-0.15, -0.1) is 0 Å². The number of rotatable bonds is 10. The Morgan fingerprint density at radius 3 is 0.878 bits per heavy atom. The molecule has 10 saturated heterocycles. The molecule has 1 spiro atoms. The topological polar surface area (TPSA) is 0 Å². The van der Waals surface area contributed by atoms with Gasteiger partial charge in [-0.2, -0.15) is 0 Å². The van der Waals surface area contributed by atoms with Crippen molar-refractivity contribution in [3.05, 3.63) is 144 Å². The van der Waals surface area contributed by atoms with Crippen molar-refractivity contribution in [2.24, 2.45) is 0 Å². The molecule has 14 rings (SSSR count). The normalized spacial score (nSPS) is 58.1. The first-order valence-corrected chi connectivity index (χ1v) is 28.9. The van der Waals surface area contributed by atoms with Crippen LogP contribution < -0.4 is 0 Å². The first-order chi connectivity index (χ1) is 20.0. The van der Waals surface area contributed by atoms with Crippen LogP contribution in [0, 0.1) is 0 Å². The summed E-state index contributed by atoms with van der Waals surface area (Å²) in [5.74, 6) is 0. The Morgan fingerprint density at radius 1 is 0.390 bits per heavy atom. The molecule has 0 N–H and O–H groups in total. The molecule has 0 aromatic heterocycles.